The standard InChI is InChI=1S/C12H10BrFN4O/c13-6-1-2-10(9(14)3-6)18-12-8(11(16)19)4-7(15)5-17-12/h1-5H,15H2,(H2,16,19)(H,17,18). The Hall–Kier alpha value is -2.15. The van der Waals surface area contributed by atoms with E-state index in [2.05, 4.69) is 26.2 Å². The summed E-state index contributed by atoms with van der Waals surface area (Å²) in [6, 6.07) is 5.85. The smallest absolute Gasteiger partial charge is 0.252 e. The van der Waals surface area contributed by atoms with Crippen LogP contribution in [0.1, 0.15) is 10.4 Å². The molecule has 0 unspecified atom stereocenters. The number of amides is 1. The number of benzene rings is 1. The molecule has 0 saturated carbocycles. The summed E-state index contributed by atoms with van der Waals surface area (Å²) in [6.45, 7) is 0. The zero-order chi connectivity index (χ0) is 14.0. The zero-order valence-corrected chi connectivity index (χ0v) is 11.2. The van der Waals surface area contributed by atoms with Gasteiger partial charge in [-0.1, -0.05) is 15.9 Å². The number of pyridine rings is 1. The summed E-state index contributed by atoms with van der Waals surface area (Å²) < 4.78 is 14.3. The first-order valence-electron chi connectivity index (χ1n) is 5.25. The van der Waals surface area contributed by atoms with Crippen molar-refractivity contribution in [3.8, 4) is 0 Å². The Morgan fingerprint density at radius 3 is 2.74 bits per heavy atom. The Morgan fingerprint density at radius 1 is 1.37 bits per heavy atom. The molecule has 5 nitrogen and oxygen atoms in total. The van der Waals surface area contributed by atoms with Crippen LogP contribution < -0.4 is 16.8 Å². The van der Waals surface area contributed by atoms with Crippen LogP contribution in [0.25, 0.3) is 0 Å². The van der Waals surface area contributed by atoms with Crippen molar-refractivity contribution in [1.82, 2.24) is 4.98 Å². The van der Waals surface area contributed by atoms with Gasteiger partial charge in [-0.25, -0.2) is 9.37 Å². The van der Waals surface area contributed by atoms with Crippen LogP contribution in [-0.4, -0.2) is 10.9 Å². The minimum atomic E-state index is -0.695. The third-order valence-corrected chi connectivity index (χ3v) is 2.85. The van der Waals surface area contributed by atoms with Crippen molar-refractivity contribution >= 4 is 39.0 Å². The van der Waals surface area contributed by atoms with Gasteiger partial charge in [0.1, 0.15) is 11.6 Å². The van der Waals surface area contributed by atoms with Crippen molar-refractivity contribution in [3.05, 3.63) is 46.3 Å². The number of anilines is 3. The molecule has 7 heteroatoms. The zero-order valence-electron chi connectivity index (χ0n) is 9.65. The molecule has 1 aromatic heterocycles. The summed E-state index contributed by atoms with van der Waals surface area (Å²) in [5.41, 5.74) is 11.3. The second-order valence-electron chi connectivity index (χ2n) is 3.78. The molecule has 98 valence electrons. The molecule has 5 N–H and O–H groups in total. The van der Waals surface area contributed by atoms with Crippen molar-refractivity contribution in [2.45, 2.75) is 0 Å². The lowest BCUT2D eigenvalue weighted by Crippen LogP contribution is -2.15. The van der Waals surface area contributed by atoms with Crippen LogP contribution in [0.5, 0.6) is 0 Å². The van der Waals surface area contributed by atoms with Crippen molar-refractivity contribution in [3.63, 3.8) is 0 Å². The lowest BCUT2D eigenvalue weighted by atomic mass is 10.2. The summed E-state index contributed by atoms with van der Waals surface area (Å²) in [7, 11) is 0. The van der Waals surface area contributed by atoms with E-state index in [0.717, 1.165) is 0 Å². The monoisotopic (exact) mass is 324 g/mol. The average molecular weight is 325 g/mol. The van der Waals surface area contributed by atoms with Crippen LogP contribution in [0.4, 0.5) is 21.6 Å². The maximum absolute atomic E-state index is 13.7. The molecule has 0 aliphatic carbocycles. The first kappa shape index (κ1) is 13.3. The Bertz CT molecular complexity index is 648. The topological polar surface area (TPSA) is 94.0 Å². The van der Waals surface area contributed by atoms with E-state index in [4.69, 9.17) is 11.5 Å². The van der Waals surface area contributed by atoms with E-state index in [0.29, 0.717) is 10.2 Å². The van der Waals surface area contributed by atoms with Crippen molar-refractivity contribution in [1.29, 1.82) is 0 Å². The van der Waals surface area contributed by atoms with E-state index < -0.39 is 11.7 Å². The van der Waals surface area contributed by atoms with E-state index in [1.165, 1.54) is 24.4 Å². The van der Waals surface area contributed by atoms with Gasteiger partial charge >= 0.3 is 0 Å². The molecule has 0 aliphatic heterocycles. The molecule has 0 spiro atoms. The molecule has 0 radical (unpaired) electrons. The molecule has 1 aromatic carbocycles. The van der Waals surface area contributed by atoms with Gasteiger partial charge in [-0.05, 0) is 24.3 Å². The quantitative estimate of drug-likeness (QED) is 0.808. The summed E-state index contributed by atoms with van der Waals surface area (Å²) in [5.74, 6) is -1.02. The summed E-state index contributed by atoms with van der Waals surface area (Å²) in [6.07, 6.45) is 1.35. The highest BCUT2D eigenvalue weighted by Gasteiger charge is 2.12. The summed E-state index contributed by atoms with van der Waals surface area (Å²) >= 11 is 3.15. The maximum Gasteiger partial charge on any atom is 0.252 e. The van der Waals surface area contributed by atoms with Gasteiger partial charge in [-0.15, -0.1) is 0 Å². The van der Waals surface area contributed by atoms with Crippen molar-refractivity contribution < 1.29 is 9.18 Å². The number of rotatable bonds is 3. The number of halogens is 2. The molecule has 2 rings (SSSR count). The van der Waals surface area contributed by atoms with Gasteiger partial charge in [-0.3, -0.25) is 4.79 Å². The molecule has 0 aliphatic rings. The molecule has 2 aromatic rings. The van der Waals surface area contributed by atoms with Crippen LogP contribution in [-0.2, 0) is 0 Å². The maximum atomic E-state index is 13.7. The number of primary amides is 1. The number of aromatic nitrogens is 1. The number of nitrogens with two attached hydrogens (primary N) is 2. The molecule has 0 fully saturated rings. The van der Waals surface area contributed by atoms with Gasteiger partial charge in [-0.2, -0.15) is 0 Å². The Kier molecular flexibility index (Phi) is 3.66. The van der Waals surface area contributed by atoms with Gasteiger partial charge in [0.05, 0.1) is 23.1 Å². The molecule has 19 heavy (non-hydrogen) atoms. The largest absolute Gasteiger partial charge is 0.397 e. The van der Waals surface area contributed by atoms with Crippen LogP contribution in [0, 0.1) is 5.82 Å². The van der Waals surface area contributed by atoms with E-state index in [1.807, 2.05) is 0 Å². The number of nitrogens with zero attached hydrogens (tertiary/aromatic N) is 1. The third kappa shape index (κ3) is 3.00. The first-order valence-corrected chi connectivity index (χ1v) is 6.04. The number of carbonyl (C=O) groups excluding carboxylic acids is 1. The SMILES string of the molecule is NC(=O)c1cc(N)cnc1Nc1ccc(Br)cc1F. The molecule has 1 heterocycles. The van der Waals surface area contributed by atoms with E-state index in [9.17, 15) is 9.18 Å². The van der Waals surface area contributed by atoms with Crippen molar-refractivity contribution in [2.75, 3.05) is 11.1 Å². The normalized spacial score (nSPS) is 10.2. The van der Waals surface area contributed by atoms with E-state index in [1.54, 1.807) is 6.07 Å². The van der Waals surface area contributed by atoms with E-state index >= 15 is 0 Å². The Morgan fingerprint density at radius 2 is 2.11 bits per heavy atom. The molecule has 0 saturated heterocycles. The molecule has 0 bridgehead atoms. The van der Waals surface area contributed by atoms with Crippen molar-refractivity contribution in [2.24, 2.45) is 5.73 Å². The van der Waals surface area contributed by atoms with Gasteiger partial charge in [0.15, 0.2) is 0 Å². The van der Waals surface area contributed by atoms with E-state index in [-0.39, 0.29) is 17.1 Å². The molecular formula is C12H10BrFN4O. The first-order chi connectivity index (χ1) is 8.97. The molecule has 1 amide bonds. The highest BCUT2D eigenvalue weighted by atomic mass is 79.9. The average Bonchev–Trinajstić information content (AvgIpc) is 2.34. The predicted octanol–water partition coefficient (Wildman–Crippen LogP) is 2.41. The van der Waals surface area contributed by atoms with Gasteiger partial charge < -0.3 is 16.8 Å². The number of hydrogen-bond acceptors (Lipinski definition) is 4. The number of nitrogen functional groups attached to an aromatic ring is 1. The second-order valence-corrected chi connectivity index (χ2v) is 4.69. The van der Waals surface area contributed by atoms with Crippen LogP contribution >= 0.6 is 15.9 Å². The second kappa shape index (κ2) is 5.23. The third-order valence-electron chi connectivity index (χ3n) is 2.36. The lowest BCUT2D eigenvalue weighted by Gasteiger charge is -2.10. The van der Waals surface area contributed by atoms with Gasteiger partial charge in [0.25, 0.3) is 5.91 Å². The van der Waals surface area contributed by atoms with Gasteiger partial charge in [0.2, 0.25) is 0 Å². The number of carbonyl (C=O) groups is 1. The summed E-state index contributed by atoms with van der Waals surface area (Å²) in [4.78, 5) is 15.2. The Labute approximate surface area is 116 Å². The molecular weight excluding hydrogens is 315 g/mol. The fraction of sp³-hybridized carbons (Fsp3) is 0. The predicted molar refractivity (Wildman–Crippen MR) is 74.5 cm³/mol. The number of nitrogens with one attached hydrogen (secondary N) is 1. The Balaban J connectivity index is 2.40. The van der Waals surface area contributed by atoms with Gasteiger partial charge in [0, 0.05) is 4.47 Å². The fourth-order valence-corrected chi connectivity index (χ4v) is 1.82. The fourth-order valence-electron chi connectivity index (χ4n) is 1.49. The molecule has 0 atom stereocenters. The minimum Gasteiger partial charge on any atom is -0.397 e. The summed E-state index contributed by atoms with van der Waals surface area (Å²) in [5, 5.41) is 2.71. The minimum absolute atomic E-state index is 0.0994. The van der Waals surface area contributed by atoms with Crippen LogP contribution in [0.15, 0.2) is 34.9 Å². The highest BCUT2D eigenvalue weighted by Crippen LogP contribution is 2.24. The van der Waals surface area contributed by atoms with Crippen LogP contribution in [0.2, 0.25) is 0 Å². The highest BCUT2D eigenvalue weighted by molar-refractivity contribution is 9.10. The van der Waals surface area contributed by atoms with Crippen LogP contribution in [0.3, 0.4) is 0 Å². The lowest BCUT2D eigenvalue weighted by molar-refractivity contribution is 0.100. The number of hydrogen-bond donors (Lipinski definition) is 3.